The first-order chi connectivity index (χ1) is 15.6. The third-order valence-electron chi connectivity index (χ3n) is 5.57. The Morgan fingerprint density at radius 3 is 2.59 bits per heavy atom. The molecule has 1 N–H and O–H groups in total. The van der Waals surface area contributed by atoms with Crippen LogP contribution in [0.2, 0.25) is 0 Å². The van der Waals surface area contributed by atoms with Crippen molar-refractivity contribution in [1.29, 1.82) is 0 Å². The van der Waals surface area contributed by atoms with Gasteiger partial charge in [0, 0.05) is 37.8 Å². The van der Waals surface area contributed by atoms with Crippen molar-refractivity contribution < 1.29 is 18.3 Å². The molecule has 6 nitrogen and oxygen atoms in total. The maximum Gasteiger partial charge on any atom is 0.257 e. The molecule has 0 bridgehead atoms. The minimum Gasteiger partial charge on any atom is -0.378 e. The zero-order chi connectivity index (χ0) is 22.5. The number of benzene rings is 2. The van der Waals surface area contributed by atoms with Crippen molar-refractivity contribution in [1.82, 2.24) is 9.88 Å². The van der Waals surface area contributed by atoms with Crippen LogP contribution in [-0.4, -0.2) is 43.5 Å². The SMILES string of the molecule is O=C(NCc1ccccc1)c1cn(CCC[18F])c2cc(N3CCOCC3)c(F)cc2c1=O. The van der Waals surface area contributed by atoms with Crippen LogP contribution in [0.1, 0.15) is 22.3 Å². The number of aromatic nitrogens is 1. The maximum absolute atomic E-state index is 15.0. The van der Waals surface area contributed by atoms with Crippen LogP contribution >= 0.6 is 0 Å². The number of carbonyl (C=O) groups is 1. The molecule has 1 aliphatic rings. The summed E-state index contributed by atoms with van der Waals surface area (Å²) in [5, 5.41) is 2.84. The number of anilines is 1. The van der Waals surface area contributed by atoms with E-state index >= 15 is 0 Å². The Kier molecular flexibility index (Phi) is 6.80. The number of halogens is 2. The summed E-state index contributed by atoms with van der Waals surface area (Å²) in [7, 11) is 0. The van der Waals surface area contributed by atoms with Gasteiger partial charge in [-0.2, -0.15) is 0 Å². The van der Waals surface area contributed by atoms with Crippen molar-refractivity contribution in [3.63, 3.8) is 0 Å². The van der Waals surface area contributed by atoms with Crippen LogP contribution in [0.25, 0.3) is 10.9 Å². The van der Waals surface area contributed by atoms with E-state index in [-0.39, 0.29) is 30.5 Å². The van der Waals surface area contributed by atoms with Crippen LogP contribution in [0.4, 0.5) is 14.5 Å². The van der Waals surface area contributed by atoms with E-state index in [1.54, 1.807) is 10.6 Å². The number of rotatable bonds is 7. The predicted molar refractivity (Wildman–Crippen MR) is 119 cm³/mol. The third-order valence-corrected chi connectivity index (χ3v) is 5.57. The summed E-state index contributed by atoms with van der Waals surface area (Å²) in [6.07, 6.45) is 1.66. The van der Waals surface area contributed by atoms with E-state index in [0.29, 0.717) is 37.5 Å². The van der Waals surface area contributed by atoms with Gasteiger partial charge in [-0.15, -0.1) is 0 Å². The first-order valence-corrected chi connectivity index (χ1v) is 10.7. The highest BCUT2D eigenvalue weighted by molar-refractivity contribution is 5.97. The lowest BCUT2D eigenvalue weighted by Gasteiger charge is -2.29. The number of hydrogen-bond acceptors (Lipinski definition) is 4. The molecule has 0 aliphatic carbocycles. The molecule has 3 aromatic rings. The summed E-state index contributed by atoms with van der Waals surface area (Å²) in [6.45, 7) is 2.04. The first kappa shape index (κ1) is 22.0. The van der Waals surface area contributed by atoms with E-state index in [1.807, 2.05) is 35.2 Å². The van der Waals surface area contributed by atoms with Crippen LogP contribution in [0.3, 0.4) is 0 Å². The summed E-state index contributed by atoms with van der Waals surface area (Å²) in [6, 6.07) is 12.1. The molecule has 4 rings (SSSR count). The van der Waals surface area contributed by atoms with Gasteiger partial charge in [-0.05, 0) is 24.1 Å². The largest absolute Gasteiger partial charge is 0.378 e. The lowest BCUT2D eigenvalue weighted by atomic mass is 10.1. The topological polar surface area (TPSA) is 63.6 Å². The second-order valence-corrected chi connectivity index (χ2v) is 7.70. The van der Waals surface area contributed by atoms with Crippen LogP contribution in [0.15, 0.2) is 53.5 Å². The summed E-state index contributed by atoms with van der Waals surface area (Å²) < 4.78 is 34.9. The minimum absolute atomic E-state index is 0.0918. The molecule has 0 spiro atoms. The zero-order valence-corrected chi connectivity index (χ0v) is 17.7. The number of carbonyl (C=O) groups excluding carboxylic acids is 1. The van der Waals surface area contributed by atoms with Crippen LogP contribution in [0, 0.1) is 5.82 Å². The van der Waals surface area contributed by atoms with Gasteiger partial charge in [0.15, 0.2) is 0 Å². The number of pyridine rings is 1. The lowest BCUT2D eigenvalue weighted by molar-refractivity contribution is 0.0949. The van der Waals surface area contributed by atoms with Gasteiger partial charge < -0.3 is 19.5 Å². The van der Waals surface area contributed by atoms with E-state index in [1.165, 1.54) is 12.3 Å². The van der Waals surface area contributed by atoms with E-state index in [2.05, 4.69) is 5.32 Å². The normalized spacial score (nSPS) is 14.0. The summed E-state index contributed by atoms with van der Waals surface area (Å²) >= 11 is 0. The number of aryl methyl sites for hydroxylation is 1. The van der Waals surface area contributed by atoms with Gasteiger partial charge in [0.2, 0.25) is 5.43 Å². The summed E-state index contributed by atoms with van der Waals surface area (Å²) in [5.74, 6) is -1.08. The highest BCUT2D eigenvalue weighted by Crippen LogP contribution is 2.26. The number of alkyl halides is 1. The Hall–Kier alpha value is -3.26. The zero-order valence-electron chi connectivity index (χ0n) is 17.7. The van der Waals surface area contributed by atoms with Gasteiger partial charge in [-0.3, -0.25) is 14.0 Å². The van der Waals surface area contributed by atoms with Crippen molar-refractivity contribution in [2.45, 2.75) is 19.5 Å². The van der Waals surface area contributed by atoms with E-state index in [0.717, 1.165) is 5.56 Å². The number of hydrogen-bond donors (Lipinski definition) is 1. The number of ether oxygens (including phenoxy) is 1. The second-order valence-electron chi connectivity index (χ2n) is 7.70. The molecule has 1 aliphatic heterocycles. The Morgan fingerprint density at radius 1 is 1.12 bits per heavy atom. The van der Waals surface area contributed by atoms with Crippen molar-refractivity contribution in [2.24, 2.45) is 0 Å². The van der Waals surface area contributed by atoms with Gasteiger partial charge in [-0.25, -0.2) is 4.39 Å². The smallest absolute Gasteiger partial charge is 0.257 e. The molecule has 32 heavy (non-hydrogen) atoms. The van der Waals surface area contributed by atoms with Crippen molar-refractivity contribution in [3.05, 3.63) is 75.8 Å². The second kappa shape index (κ2) is 9.91. The van der Waals surface area contributed by atoms with Gasteiger partial charge in [0.25, 0.3) is 5.91 Å². The number of fused-ring (bicyclic) bond motifs is 1. The number of morpholine rings is 1. The standard InChI is InChI=1S/C24H25F2N3O3/c25-7-4-8-29-16-19(24(31)27-15-17-5-2-1-3-6-17)23(30)18-13-20(26)22(14-21(18)29)28-9-11-32-12-10-28/h1-3,5-6,13-14,16H,4,7-12,15H2,(H,27,31)/i25-1. The molecule has 0 atom stereocenters. The fourth-order valence-corrected chi connectivity index (χ4v) is 3.90. The van der Waals surface area contributed by atoms with Gasteiger partial charge in [-0.1, -0.05) is 30.3 Å². The number of nitrogens with one attached hydrogen (secondary N) is 1. The Morgan fingerprint density at radius 2 is 1.88 bits per heavy atom. The van der Waals surface area contributed by atoms with Gasteiger partial charge >= 0.3 is 0 Å². The van der Waals surface area contributed by atoms with Crippen LogP contribution in [-0.2, 0) is 17.8 Å². The average molecular weight is 440 g/mol. The fourth-order valence-electron chi connectivity index (χ4n) is 3.90. The molecule has 0 unspecified atom stereocenters. The van der Waals surface area contributed by atoms with E-state index < -0.39 is 23.8 Å². The van der Waals surface area contributed by atoms with Crippen molar-refractivity contribution in [3.8, 4) is 0 Å². The van der Waals surface area contributed by atoms with E-state index in [9.17, 15) is 18.4 Å². The number of nitrogens with zero attached hydrogens (tertiary/aromatic N) is 2. The molecule has 1 fully saturated rings. The van der Waals surface area contributed by atoms with Gasteiger partial charge in [0.05, 0.1) is 31.1 Å². The predicted octanol–water partition coefficient (Wildman–Crippen LogP) is 3.27. The first-order valence-electron chi connectivity index (χ1n) is 10.7. The molecule has 1 saturated heterocycles. The van der Waals surface area contributed by atoms with Crippen molar-refractivity contribution >= 4 is 22.5 Å². The Balaban J connectivity index is 1.73. The van der Waals surface area contributed by atoms with Crippen LogP contribution < -0.4 is 15.6 Å². The molecule has 0 radical (unpaired) electrons. The maximum atomic E-state index is 15.0. The molecule has 1 amide bonds. The summed E-state index contributed by atoms with van der Waals surface area (Å²) in [4.78, 5) is 27.8. The minimum atomic E-state index is -0.549. The monoisotopic (exact) mass is 440 g/mol. The molecule has 8 heteroatoms. The van der Waals surface area contributed by atoms with Crippen LogP contribution in [0.5, 0.6) is 0 Å². The molecular weight excluding hydrogens is 415 g/mol. The molecule has 2 aromatic carbocycles. The quantitative estimate of drug-likeness (QED) is 0.613. The van der Waals surface area contributed by atoms with Gasteiger partial charge in [0.1, 0.15) is 11.4 Å². The van der Waals surface area contributed by atoms with Crippen molar-refractivity contribution in [2.75, 3.05) is 37.9 Å². The Bertz CT molecular complexity index is 1160. The average Bonchev–Trinajstić information content (AvgIpc) is 2.83. The molecule has 1 aromatic heterocycles. The Labute approximate surface area is 184 Å². The summed E-state index contributed by atoms with van der Waals surface area (Å²) in [5.41, 5.74) is 1.10. The van der Waals surface area contributed by atoms with E-state index in [4.69, 9.17) is 4.74 Å². The fraction of sp³-hybridized carbons (Fsp3) is 0.333. The molecule has 0 saturated carbocycles. The number of amides is 1. The third kappa shape index (κ3) is 4.65. The molecule has 2 heterocycles. The highest BCUT2D eigenvalue weighted by Gasteiger charge is 2.21. The molecular formula is C24H25F2N3O3. The lowest BCUT2D eigenvalue weighted by Crippen LogP contribution is -2.37. The highest BCUT2D eigenvalue weighted by atomic mass is 19.1. The molecule has 168 valence electrons.